The average molecular weight is 204 g/mol. The Hall–Kier alpha value is -0.860. The molecule has 0 bridgehead atoms. The molecule has 3 N–H and O–H groups in total. The van der Waals surface area contributed by atoms with Crippen LogP contribution < -0.4 is 11.1 Å². The third kappa shape index (κ3) is 2.80. The molecule has 1 saturated heterocycles. The van der Waals surface area contributed by atoms with E-state index in [4.69, 9.17) is 5.73 Å². The molecule has 1 aromatic carbocycles. The largest absolute Gasteiger partial charge is 0.328 e. The summed E-state index contributed by atoms with van der Waals surface area (Å²) in [5.74, 6) is 0.707. The molecule has 0 amide bonds. The van der Waals surface area contributed by atoms with Gasteiger partial charge in [0.05, 0.1) is 0 Å². The predicted molar refractivity (Wildman–Crippen MR) is 64.0 cm³/mol. The highest BCUT2D eigenvalue weighted by atomic mass is 14.9. The van der Waals surface area contributed by atoms with E-state index in [1.165, 1.54) is 17.5 Å². The Morgan fingerprint density at radius 2 is 2.40 bits per heavy atom. The fourth-order valence-corrected chi connectivity index (χ4v) is 2.28. The fourth-order valence-electron chi connectivity index (χ4n) is 2.28. The lowest BCUT2D eigenvalue weighted by molar-refractivity contribution is 0.729. The minimum absolute atomic E-state index is 0.252. The second-order valence-electron chi connectivity index (χ2n) is 4.62. The van der Waals surface area contributed by atoms with E-state index in [0.29, 0.717) is 5.92 Å². The second kappa shape index (κ2) is 4.77. The molecule has 82 valence electrons. The van der Waals surface area contributed by atoms with E-state index in [1.807, 2.05) is 0 Å². The van der Waals surface area contributed by atoms with Gasteiger partial charge in [0.1, 0.15) is 0 Å². The first-order chi connectivity index (χ1) is 7.25. The summed E-state index contributed by atoms with van der Waals surface area (Å²) in [6.45, 7) is 4.34. The maximum atomic E-state index is 5.82. The van der Waals surface area contributed by atoms with Crippen molar-refractivity contribution in [3.05, 3.63) is 35.4 Å². The van der Waals surface area contributed by atoms with Crippen molar-refractivity contribution in [3.8, 4) is 0 Å². The Kier molecular flexibility index (Phi) is 3.39. The zero-order chi connectivity index (χ0) is 10.7. The molecule has 1 aliphatic rings. The van der Waals surface area contributed by atoms with Crippen molar-refractivity contribution < 1.29 is 0 Å². The number of benzene rings is 1. The van der Waals surface area contributed by atoms with Crippen molar-refractivity contribution in [2.45, 2.75) is 31.7 Å². The Morgan fingerprint density at radius 3 is 3.07 bits per heavy atom. The van der Waals surface area contributed by atoms with Crippen LogP contribution in [0, 0.1) is 0 Å². The molecular formula is C13H20N2. The first-order valence-corrected chi connectivity index (χ1v) is 5.81. The van der Waals surface area contributed by atoms with Crippen molar-refractivity contribution in [3.63, 3.8) is 0 Å². The van der Waals surface area contributed by atoms with Gasteiger partial charge in [-0.1, -0.05) is 24.3 Å². The number of rotatable bonds is 3. The summed E-state index contributed by atoms with van der Waals surface area (Å²) in [6, 6.07) is 9.14. The summed E-state index contributed by atoms with van der Waals surface area (Å²) < 4.78 is 0. The highest BCUT2D eigenvalue weighted by molar-refractivity contribution is 5.28. The second-order valence-corrected chi connectivity index (χ2v) is 4.62. The van der Waals surface area contributed by atoms with Gasteiger partial charge in [-0.2, -0.15) is 0 Å². The molecule has 0 aliphatic carbocycles. The molecule has 2 nitrogen and oxygen atoms in total. The van der Waals surface area contributed by atoms with E-state index >= 15 is 0 Å². The average Bonchev–Trinajstić information content (AvgIpc) is 2.69. The zero-order valence-electron chi connectivity index (χ0n) is 9.37. The van der Waals surface area contributed by atoms with Gasteiger partial charge in [-0.3, -0.25) is 0 Å². The predicted octanol–water partition coefficient (Wildman–Crippen LogP) is 1.65. The van der Waals surface area contributed by atoms with E-state index in [-0.39, 0.29) is 6.04 Å². The molecule has 15 heavy (non-hydrogen) atoms. The highest BCUT2D eigenvalue weighted by Gasteiger charge is 2.16. The zero-order valence-corrected chi connectivity index (χ0v) is 9.37. The maximum Gasteiger partial charge on any atom is 0.00509 e. The van der Waals surface area contributed by atoms with Gasteiger partial charge in [0.2, 0.25) is 0 Å². The molecule has 2 heteroatoms. The third-order valence-corrected chi connectivity index (χ3v) is 3.04. The van der Waals surface area contributed by atoms with Crippen LogP contribution in [0.5, 0.6) is 0 Å². The van der Waals surface area contributed by atoms with Crippen LogP contribution in [0.4, 0.5) is 0 Å². The van der Waals surface area contributed by atoms with E-state index < -0.39 is 0 Å². The number of hydrogen-bond donors (Lipinski definition) is 2. The normalized spacial score (nSPS) is 22.9. The van der Waals surface area contributed by atoms with Gasteiger partial charge >= 0.3 is 0 Å². The summed E-state index contributed by atoms with van der Waals surface area (Å²) in [5, 5.41) is 3.41. The van der Waals surface area contributed by atoms with Gasteiger partial charge in [0.15, 0.2) is 0 Å². The number of nitrogens with one attached hydrogen (secondary N) is 1. The van der Waals surface area contributed by atoms with Gasteiger partial charge in [-0.25, -0.2) is 0 Å². The topological polar surface area (TPSA) is 38.0 Å². The van der Waals surface area contributed by atoms with Crippen molar-refractivity contribution in [2.24, 2.45) is 5.73 Å². The van der Waals surface area contributed by atoms with Crippen molar-refractivity contribution in [1.82, 2.24) is 5.32 Å². The molecule has 1 aliphatic heterocycles. The Labute approximate surface area is 91.9 Å². The van der Waals surface area contributed by atoms with Crippen molar-refractivity contribution in [2.75, 3.05) is 13.1 Å². The van der Waals surface area contributed by atoms with Crippen molar-refractivity contribution in [1.29, 1.82) is 0 Å². The monoisotopic (exact) mass is 204 g/mol. The standard InChI is InChI=1S/C13H20N2/c1-10(14)7-11-3-2-4-12(8-11)13-5-6-15-9-13/h2-4,8,10,13,15H,5-7,9,14H2,1H3. The van der Waals surface area contributed by atoms with E-state index in [0.717, 1.165) is 19.5 Å². The molecule has 0 aromatic heterocycles. The number of hydrogen-bond acceptors (Lipinski definition) is 2. The molecule has 1 fully saturated rings. The minimum Gasteiger partial charge on any atom is -0.328 e. The highest BCUT2D eigenvalue weighted by Crippen LogP contribution is 2.23. The quantitative estimate of drug-likeness (QED) is 0.785. The Morgan fingerprint density at radius 1 is 1.53 bits per heavy atom. The summed E-state index contributed by atoms with van der Waals surface area (Å²) in [5.41, 5.74) is 8.66. The maximum absolute atomic E-state index is 5.82. The molecular weight excluding hydrogens is 184 g/mol. The molecule has 1 heterocycles. The summed E-state index contributed by atoms with van der Waals surface area (Å²) in [4.78, 5) is 0. The lowest BCUT2D eigenvalue weighted by atomic mass is 9.95. The van der Waals surface area contributed by atoms with Crippen LogP contribution in [-0.4, -0.2) is 19.1 Å². The van der Waals surface area contributed by atoms with Crippen LogP contribution in [0.25, 0.3) is 0 Å². The molecule has 0 radical (unpaired) electrons. The van der Waals surface area contributed by atoms with Gasteiger partial charge in [0.25, 0.3) is 0 Å². The molecule has 2 rings (SSSR count). The lowest BCUT2D eigenvalue weighted by Gasteiger charge is -2.11. The van der Waals surface area contributed by atoms with Gasteiger partial charge < -0.3 is 11.1 Å². The molecule has 1 aromatic rings. The summed E-state index contributed by atoms with van der Waals surface area (Å²) >= 11 is 0. The summed E-state index contributed by atoms with van der Waals surface area (Å²) in [7, 11) is 0. The first kappa shape index (κ1) is 10.7. The smallest absolute Gasteiger partial charge is 0.00509 e. The van der Waals surface area contributed by atoms with Crippen molar-refractivity contribution >= 4 is 0 Å². The van der Waals surface area contributed by atoms with Gasteiger partial charge in [-0.15, -0.1) is 0 Å². The van der Waals surface area contributed by atoms with Crippen LogP contribution in [0.15, 0.2) is 24.3 Å². The van der Waals surface area contributed by atoms with Crippen LogP contribution in [-0.2, 0) is 6.42 Å². The van der Waals surface area contributed by atoms with Gasteiger partial charge in [-0.05, 0) is 43.4 Å². The summed E-state index contributed by atoms with van der Waals surface area (Å²) in [6.07, 6.45) is 2.25. The SMILES string of the molecule is CC(N)Cc1cccc(C2CCNC2)c1. The van der Waals surface area contributed by atoms with Crippen LogP contribution in [0.2, 0.25) is 0 Å². The number of nitrogens with two attached hydrogens (primary N) is 1. The molecule has 2 unspecified atom stereocenters. The van der Waals surface area contributed by atoms with E-state index in [1.54, 1.807) is 0 Å². The van der Waals surface area contributed by atoms with E-state index in [2.05, 4.69) is 36.5 Å². The van der Waals surface area contributed by atoms with Crippen LogP contribution >= 0.6 is 0 Å². The fraction of sp³-hybridized carbons (Fsp3) is 0.538. The van der Waals surface area contributed by atoms with Crippen LogP contribution in [0.1, 0.15) is 30.4 Å². The third-order valence-electron chi connectivity index (χ3n) is 3.04. The van der Waals surface area contributed by atoms with Gasteiger partial charge in [0, 0.05) is 12.6 Å². The Bertz CT molecular complexity index is 314. The van der Waals surface area contributed by atoms with E-state index in [9.17, 15) is 0 Å². The lowest BCUT2D eigenvalue weighted by Crippen LogP contribution is -2.18. The first-order valence-electron chi connectivity index (χ1n) is 5.81. The molecule has 0 spiro atoms. The van der Waals surface area contributed by atoms with Crippen LogP contribution in [0.3, 0.4) is 0 Å². The Balaban J connectivity index is 2.11. The minimum atomic E-state index is 0.252. The molecule has 0 saturated carbocycles. The molecule has 2 atom stereocenters.